The molecular weight excluding hydrogens is 435 g/mol. The molecule has 4 rings (SSSR count). The highest BCUT2D eigenvalue weighted by molar-refractivity contribution is 5.92. The minimum absolute atomic E-state index is 0.0423. The Morgan fingerprint density at radius 1 is 1.26 bits per heavy atom. The molecule has 34 heavy (non-hydrogen) atoms. The summed E-state index contributed by atoms with van der Waals surface area (Å²) in [6.45, 7) is 2.85. The number of nitrogens with zero attached hydrogens (tertiary/aromatic N) is 3. The van der Waals surface area contributed by atoms with Crippen molar-refractivity contribution in [2.24, 2.45) is 7.05 Å². The smallest absolute Gasteiger partial charge is 0.274 e. The van der Waals surface area contributed by atoms with Crippen molar-refractivity contribution in [3.63, 3.8) is 0 Å². The van der Waals surface area contributed by atoms with Crippen LogP contribution in [0.3, 0.4) is 0 Å². The second kappa shape index (κ2) is 11.3. The number of aryl methyl sites for hydroxylation is 1. The molecule has 8 heteroatoms. The Bertz CT molecular complexity index is 1110. The fraction of sp³-hybridized carbons (Fsp3) is 0.385. The molecule has 1 saturated heterocycles. The second-order valence-electron chi connectivity index (χ2n) is 8.50. The van der Waals surface area contributed by atoms with Crippen LogP contribution in [0, 0.1) is 5.82 Å². The van der Waals surface area contributed by atoms with Crippen molar-refractivity contribution in [1.29, 1.82) is 0 Å². The normalized spacial score (nSPS) is 14.2. The van der Waals surface area contributed by atoms with Gasteiger partial charge in [0.15, 0.2) is 0 Å². The van der Waals surface area contributed by atoms with E-state index in [1.54, 1.807) is 23.2 Å². The van der Waals surface area contributed by atoms with E-state index in [-0.39, 0.29) is 17.8 Å². The van der Waals surface area contributed by atoms with Crippen molar-refractivity contribution < 1.29 is 18.7 Å². The predicted molar refractivity (Wildman–Crippen MR) is 128 cm³/mol. The molecule has 0 radical (unpaired) electrons. The third kappa shape index (κ3) is 5.81. The fourth-order valence-electron chi connectivity index (χ4n) is 4.15. The van der Waals surface area contributed by atoms with E-state index in [1.807, 2.05) is 49.3 Å². The zero-order valence-electron chi connectivity index (χ0n) is 19.7. The maximum absolute atomic E-state index is 14.9. The highest BCUT2D eigenvalue weighted by Crippen LogP contribution is 2.29. The predicted octanol–water partition coefficient (Wildman–Crippen LogP) is 3.65. The van der Waals surface area contributed by atoms with Gasteiger partial charge in [-0.2, -0.15) is 0 Å². The Balaban J connectivity index is 1.59. The Kier molecular flexibility index (Phi) is 7.92. The first-order chi connectivity index (χ1) is 16.5. The zero-order chi connectivity index (χ0) is 23.9. The molecule has 1 aromatic heterocycles. The van der Waals surface area contributed by atoms with Gasteiger partial charge < -0.3 is 24.3 Å². The number of rotatable bonds is 9. The molecule has 0 bridgehead atoms. The third-order valence-corrected chi connectivity index (χ3v) is 5.97. The van der Waals surface area contributed by atoms with E-state index in [0.717, 1.165) is 30.5 Å². The largest absolute Gasteiger partial charge is 0.492 e. The molecule has 1 aliphatic rings. The number of halogens is 1. The number of imidazole rings is 1. The number of nitrogens with one attached hydrogen (secondary N) is 1. The van der Waals surface area contributed by atoms with E-state index in [9.17, 15) is 9.18 Å². The van der Waals surface area contributed by atoms with Crippen molar-refractivity contribution >= 4 is 5.91 Å². The van der Waals surface area contributed by atoms with Crippen LogP contribution in [-0.2, 0) is 18.3 Å². The molecule has 7 nitrogen and oxygen atoms in total. The van der Waals surface area contributed by atoms with Crippen molar-refractivity contribution in [3.05, 3.63) is 72.1 Å². The van der Waals surface area contributed by atoms with Gasteiger partial charge in [-0.05, 0) is 55.3 Å². The van der Waals surface area contributed by atoms with Crippen molar-refractivity contribution in [1.82, 2.24) is 19.8 Å². The van der Waals surface area contributed by atoms with Gasteiger partial charge in [-0.25, -0.2) is 9.37 Å². The number of hydrogen-bond acceptors (Lipinski definition) is 5. The molecule has 0 aliphatic carbocycles. The van der Waals surface area contributed by atoms with E-state index >= 15 is 0 Å². The minimum atomic E-state index is -0.315. The second-order valence-corrected chi connectivity index (χ2v) is 8.50. The van der Waals surface area contributed by atoms with E-state index in [4.69, 9.17) is 9.47 Å². The first-order valence-corrected chi connectivity index (χ1v) is 11.6. The molecule has 1 aliphatic heterocycles. The van der Waals surface area contributed by atoms with Crippen LogP contribution in [0.5, 0.6) is 5.75 Å². The summed E-state index contributed by atoms with van der Waals surface area (Å²) in [5, 5.41) is 3.04. The van der Waals surface area contributed by atoms with Gasteiger partial charge in [-0.15, -0.1) is 0 Å². The van der Waals surface area contributed by atoms with Crippen LogP contribution >= 0.6 is 0 Å². The number of ether oxygens (including phenoxy) is 2. The number of likely N-dealkylation sites (N-methyl/N-ethyl adjacent to an activating group) is 1. The number of hydrogen-bond donors (Lipinski definition) is 1. The molecule has 0 saturated carbocycles. The standard InChI is InChI=1S/C26H31FN4O3/c1-28-10-13-34-22-5-3-4-20(15-22)23-14-19(6-7-24(23)27)16-31(21-8-11-33-12-9-21)26(32)25-17-30(2)18-29-25/h3-7,14-15,17-18,21,28H,8-13,16H2,1-2H3. The lowest BCUT2D eigenvalue weighted by Gasteiger charge is -2.34. The van der Waals surface area contributed by atoms with Gasteiger partial charge in [-0.1, -0.05) is 18.2 Å². The SMILES string of the molecule is CNCCOc1cccc(-c2cc(CN(C(=O)c3cn(C)cn3)C3CCOCC3)ccc2F)c1. The van der Waals surface area contributed by atoms with Crippen LogP contribution < -0.4 is 10.1 Å². The highest BCUT2D eigenvalue weighted by Gasteiger charge is 2.28. The van der Waals surface area contributed by atoms with Crippen LogP contribution in [0.15, 0.2) is 55.0 Å². The molecular formula is C26H31FN4O3. The lowest BCUT2D eigenvalue weighted by molar-refractivity contribution is 0.0264. The van der Waals surface area contributed by atoms with E-state index in [1.165, 1.54) is 6.07 Å². The molecule has 1 amide bonds. The summed E-state index contributed by atoms with van der Waals surface area (Å²) in [4.78, 5) is 19.5. The first kappa shape index (κ1) is 23.9. The quantitative estimate of drug-likeness (QED) is 0.488. The average molecular weight is 467 g/mol. The highest BCUT2D eigenvalue weighted by atomic mass is 19.1. The Labute approximate surface area is 199 Å². The Morgan fingerprint density at radius 2 is 2.09 bits per heavy atom. The molecule has 2 heterocycles. The molecule has 3 aromatic rings. The number of carbonyl (C=O) groups is 1. The number of aromatic nitrogens is 2. The first-order valence-electron chi connectivity index (χ1n) is 11.6. The van der Waals surface area contributed by atoms with Gasteiger partial charge in [0, 0.05) is 51.2 Å². The number of amides is 1. The van der Waals surface area contributed by atoms with Crippen LogP contribution in [0.1, 0.15) is 28.9 Å². The molecule has 1 N–H and O–H groups in total. The van der Waals surface area contributed by atoms with Gasteiger partial charge in [0.25, 0.3) is 5.91 Å². The lowest BCUT2D eigenvalue weighted by Crippen LogP contribution is -2.43. The van der Waals surface area contributed by atoms with Crippen LogP contribution in [0.25, 0.3) is 11.1 Å². The van der Waals surface area contributed by atoms with Gasteiger partial charge in [0.2, 0.25) is 0 Å². The van der Waals surface area contributed by atoms with Gasteiger partial charge in [0.1, 0.15) is 23.9 Å². The van der Waals surface area contributed by atoms with Crippen LogP contribution in [-0.4, -0.2) is 59.8 Å². The molecule has 0 spiro atoms. The van der Waals surface area contributed by atoms with Crippen molar-refractivity contribution in [2.75, 3.05) is 33.4 Å². The maximum Gasteiger partial charge on any atom is 0.274 e. The summed E-state index contributed by atoms with van der Waals surface area (Å²) in [6.07, 6.45) is 4.87. The molecule has 1 fully saturated rings. The van der Waals surface area contributed by atoms with Crippen molar-refractivity contribution in [2.45, 2.75) is 25.4 Å². The van der Waals surface area contributed by atoms with Crippen LogP contribution in [0.4, 0.5) is 4.39 Å². The van der Waals surface area contributed by atoms with Crippen LogP contribution in [0.2, 0.25) is 0 Å². The van der Waals surface area contributed by atoms with E-state index in [0.29, 0.717) is 43.4 Å². The summed E-state index contributed by atoms with van der Waals surface area (Å²) in [6, 6.07) is 12.5. The fourth-order valence-corrected chi connectivity index (χ4v) is 4.15. The summed E-state index contributed by atoms with van der Waals surface area (Å²) in [7, 11) is 3.70. The third-order valence-electron chi connectivity index (χ3n) is 5.97. The molecule has 2 aromatic carbocycles. The molecule has 180 valence electrons. The summed E-state index contributed by atoms with van der Waals surface area (Å²) < 4.78 is 27.9. The monoisotopic (exact) mass is 466 g/mol. The van der Waals surface area contributed by atoms with Gasteiger partial charge in [0.05, 0.1) is 6.33 Å². The number of carbonyl (C=O) groups excluding carboxylic acids is 1. The van der Waals surface area contributed by atoms with Gasteiger partial charge in [-0.3, -0.25) is 4.79 Å². The maximum atomic E-state index is 14.9. The minimum Gasteiger partial charge on any atom is -0.492 e. The summed E-state index contributed by atoms with van der Waals surface area (Å²) in [5.74, 6) is 0.245. The topological polar surface area (TPSA) is 68.6 Å². The lowest BCUT2D eigenvalue weighted by atomic mass is 10.0. The summed E-state index contributed by atoms with van der Waals surface area (Å²) >= 11 is 0. The van der Waals surface area contributed by atoms with Gasteiger partial charge >= 0.3 is 0 Å². The Morgan fingerprint density at radius 3 is 2.82 bits per heavy atom. The van der Waals surface area contributed by atoms with Crippen molar-refractivity contribution in [3.8, 4) is 16.9 Å². The van der Waals surface area contributed by atoms with E-state index in [2.05, 4.69) is 10.3 Å². The molecule has 0 unspecified atom stereocenters. The molecule has 0 atom stereocenters. The zero-order valence-corrected chi connectivity index (χ0v) is 19.7. The number of benzene rings is 2. The average Bonchev–Trinajstić information content (AvgIpc) is 3.30. The summed E-state index contributed by atoms with van der Waals surface area (Å²) in [5.41, 5.74) is 2.47. The Hall–Kier alpha value is -3.23. The van der Waals surface area contributed by atoms with E-state index < -0.39 is 0 Å².